The molecule has 14 heavy (non-hydrogen) atoms. The van der Waals surface area contributed by atoms with Crippen LogP contribution in [0.5, 0.6) is 0 Å². The van der Waals surface area contributed by atoms with E-state index in [1.807, 2.05) is 0 Å². The Hall–Kier alpha value is -0.560. The maximum Gasteiger partial charge on any atom is 0.00684 e. The number of hydrogen-bond acceptors (Lipinski definition) is 1. The Labute approximate surface area is 88.3 Å². The number of nitrogens with one attached hydrogen (secondary N) is 1. The van der Waals surface area contributed by atoms with Gasteiger partial charge in [-0.2, -0.15) is 0 Å². The van der Waals surface area contributed by atoms with Crippen molar-refractivity contribution in [1.29, 1.82) is 0 Å². The molecule has 1 heteroatoms. The Morgan fingerprint density at radius 1 is 1.50 bits per heavy atom. The zero-order valence-corrected chi connectivity index (χ0v) is 9.72. The van der Waals surface area contributed by atoms with Gasteiger partial charge >= 0.3 is 0 Å². The van der Waals surface area contributed by atoms with Crippen LogP contribution in [-0.2, 0) is 0 Å². The van der Waals surface area contributed by atoms with E-state index < -0.39 is 0 Å². The second kappa shape index (κ2) is 6.02. The summed E-state index contributed by atoms with van der Waals surface area (Å²) in [7, 11) is 0. The van der Waals surface area contributed by atoms with Gasteiger partial charge in [0.15, 0.2) is 0 Å². The van der Waals surface area contributed by atoms with Crippen LogP contribution in [0.4, 0.5) is 0 Å². The van der Waals surface area contributed by atoms with Crippen molar-refractivity contribution in [3.8, 4) is 0 Å². The first kappa shape index (κ1) is 11.5. The van der Waals surface area contributed by atoms with Crippen molar-refractivity contribution in [2.24, 2.45) is 5.92 Å². The lowest BCUT2D eigenvalue weighted by Crippen LogP contribution is -2.21. The van der Waals surface area contributed by atoms with Crippen LogP contribution in [0.15, 0.2) is 23.8 Å². The Kier molecular flexibility index (Phi) is 4.95. The van der Waals surface area contributed by atoms with Crippen molar-refractivity contribution in [2.45, 2.75) is 46.1 Å². The molecule has 1 aliphatic carbocycles. The van der Waals surface area contributed by atoms with Crippen molar-refractivity contribution in [3.05, 3.63) is 23.8 Å². The normalized spacial score (nSPS) is 20.4. The van der Waals surface area contributed by atoms with Gasteiger partial charge in [-0.15, -0.1) is 0 Å². The second-order valence-corrected chi connectivity index (χ2v) is 4.41. The number of allylic oxidation sites excluding steroid dienone is 3. The maximum absolute atomic E-state index is 3.54. The molecule has 0 amide bonds. The first-order valence-electron chi connectivity index (χ1n) is 5.79. The average Bonchev–Trinajstić information content (AvgIpc) is 2.98. The molecule has 1 nitrogen and oxygen atoms in total. The van der Waals surface area contributed by atoms with Gasteiger partial charge in [0.25, 0.3) is 0 Å². The van der Waals surface area contributed by atoms with E-state index >= 15 is 0 Å². The summed E-state index contributed by atoms with van der Waals surface area (Å²) in [6.07, 6.45) is 10.6. The SMILES string of the molecule is CC/C(C)=C/C=C\C(C)CNC1CC1. The quantitative estimate of drug-likeness (QED) is 0.638. The lowest BCUT2D eigenvalue weighted by molar-refractivity contribution is 0.590. The number of hydrogen-bond donors (Lipinski definition) is 1. The summed E-state index contributed by atoms with van der Waals surface area (Å²) in [5, 5.41) is 3.54. The monoisotopic (exact) mass is 193 g/mol. The molecule has 1 N–H and O–H groups in total. The van der Waals surface area contributed by atoms with Crippen molar-refractivity contribution >= 4 is 0 Å². The Morgan fingerprint density at radius 3 is 2.79 bits per heavy atom. The standard InChI is InChI=1S/C13H23N/c1-4-11(2)6-5-7-12(3)10-14-13-8-9-13/h5-7,12-14H,4,8-10H2,1-3H3/b7-5-,11-6+. The summed E-state index contributed by atoms with van der Waals surface area (Å²) in [6.45, 7) is 7.76. The predicted molar refractivity (Wildman–Crippen MR) is 63.4 cm³/mol. The molecule has 0 heterocycles. The Morgan fingerprint density at radius 2 is 2.21 bits per heavy atom. The second-order valence-electron chi connectivity index (χ2n) is 4.41. The van der Waals surface area contributed by atoms with Gasteiger partial charge in [-0.05, 0) is 32.1 Å². The lowest BCUT2D eigenvalue weighted by Gasteiger charge is -2.06. The summed E-state index contributed by atoms with van der Waals surface area (Å²) >= 11 is 0. The van der Waals surface area contributed by atoms with E-state index in [2.05, 4.69) is 44.3 Å². The summed E-state index contributed by atoms with van der Waals surface area (Å²) < 4.78 is 0. The molecule has 0 aromatic rings. The van der Waals surface area contributed by atoms with Crippen molar-refractivity contribution in [3.63, 3.8) is 0 Å². The maximum atomic E-state index is 3.54. The molecule has 1 rings (SSSR count). The molecule has 0 aromatic carbocycles. The molecule has 1 fully saturated rings. The van der Waals surface area contributed by atoms with E-state index in [1.165, 1.54) is 18.4 Å². The lowest BCUT2D eigenvalue weighted by atomic mass is 10.1. The third-order valence-electron chi connectivity index (χ3n) is 2.68. The van der Waals surface area contributed by atoms with Crippen molar-refractivity contribution < 1.29 is 0 Å². The minimum absolute atomic E-state index is 0.650. The first-order chi connectivity index (χ1) is 6.72. The topological polar surface area (TPSA) is 12.0 Å². The van der Waals surface area contributed by atoms with Crippen LogP contribution >= 0.6 is 0 Å². The van der Waals surface area contributed by atoms with Crippen LogP contribution in [0.3, 0.4) is 0 Å². The van der Waals surface area contributed by atoms with Crippen LogP contribution in [0.25, 0.3) is 0 Å². The van der Waals surface area contributed by atoms with Crippen LogP contribution in [0.2, 0.25) is 0 Å². The smallest absolute Gasteiger partial charge is 0.00684 e. The molecule has 0 spiro atoms. The van der Waals surface area contributed by atoms with Crippen LogP contribution in [0.1, 0.15) is 40.0 Å². The molecule has 0 radical (unpaired) electrons. The van der Waals surface area contributed by atoms with E-state index in [0.29, 0.717) is 5.92 Å². The molecule has 0 bridgehead atoms. The van der Waals surface area contributed by atoms with E-state index in [1.54, 1.807) is 0 Å². The Bertz CT molecular complexity index is 211. The fourth-order valence-electron chi connectivity index (χ4n) is 1.24. The highest BCUT2D eigenvalue weighted by Crippen LogP contribution is 2.18. The minimum Gasteiger partial charge on any atom is -0.313 e. The fourth-order valence-corrected chi connectivity index (χ4v) is 1.24. The van der Waals surface area contributed by atoms with E-state index in [9.17, 15) is 0 Å². The average molecular weight is 193 g/mol. The molecular formula is C13H23N. The van der Waals surface area contributed by atoms with E-state index in [4.69, 9.17) is 0 Å². The summed E-state index contributed by atoms with van der Waals surface area (Å²) in [4.78, 5) is 0. The zero-order chi connectivity index (χ0) is 10.4. The van der Waals surface area contributed by atoms with Gasteiger partial charge in [-0.3, -0.25) is 0 Å². The van der Waals surface area contributed by atoms with Crippen LogP contribution < -0.4 is 5.32 Å². The molecule has 0 aromatic heterocycles. The van der Waals surface area contributed by atoms with Gasteiger partial charge in [0.05, 0.1) is 0 Å². The Balaban J connectivity index is 2.13. The highest BCUT2D eigenvalue weighted by atomic mass is 14.9. The third-order valence-corrected chi connectivity index (χ3v) is 2.68. The molecule has 0 aliphatic heterocycles. The van der Waals surface area contributed by atoms with Crippen LogP contribution in [0, 0.1) is 5.92 Å². The van der Waals surface area contributed by atoms with Gasteiger partial charge in [-0.25, -0.2) is 0 Å². The molecule has 1 unspecified atom stereocenters. The third kappa shape index (κ3) is 5.23. The molecule has 0 saturated heterocycles. The summed E-state index contributed by atoms with van der Waals surface area (Å²) in [6, 6.07) is 0.832. The van der Waals surface area contributed by atoms with Crippen LogP contribution in [-0.4, -0.2) is 12.6 Å². The van der Waals surface area contributed by atoms with Gasteiger partial charge in [0, 0.05) is 12.6 Å². The number of rotatable bonds is 6. The molecule has 1 atom stereocenters. The zero-order valence-electron chi connectivity index (χ0n) is 9.72. The highest BCUT2D eigenvalue weighted by Gasteiger charge is 2.20. The largest absolute Gasteiger partial charge is 0.313 e. The first-order valence-corrected chi connectivity index (χ1v) is 5.79. The van der Waals surface area contributed by atoms with E-state index in [-0.39, 0.29) is 0 Å². The molecule has 1 saturated carbocycles. The van der Waals surface area contributed by atoms with Crippen molar-refractivity contribution in [2.75, 3.05) is 6.54 Å². The fraction of sp³-hybridized carbons (Fsp3) is 0.692. The van der Waals surface area contributed by atoms with Gasteiger partial charge < -0.3 is 5.32 Å². The molecule has 1 aliphatic rings. The van der Waals surface area contributed by atoms with E-state index in [0.717, 1.165) is 19.0 Å². The molecule has 80 valence electrons. The van der Waals surface area contributed by atoms with Gasteiger partial charge in [-0.1, -0.05) is 37.6 Å². The van der Waals surface area contributed by atoms with Gasteiger partial charge in [0.2, 0.25) is 0 Å². The highest BCUT2D eigenvalue weighted by molar-refractivity contribution is 5.10. The van der Waals surface area contributed by atoms with Crippen molar-refractivity contribution in [1.82, 2.24) is 5.32 Å². The minimum atomic E-state index is 0.650. The molecular weight excluding hydrogens is 170 g/mol. The predicted octanol–water partition coefficient (Wildman–Crippen LogP) is 3.29. The summed E-state index contributed by atoms with van der Waals surface area (Å²) in [5.41, 5.74) is 1.45. The summed E-state index contributed by atoms with van der Waals surface area (Å²) in [5.74, 6) is 0.650. The van der Waals surface area contributed by atoms with Gasteiger partial charge in [0.1, 0.15) is 0 Å².